The summed E-state index contributed by atoms with van der Waals surface area (Å²) in [6, 6.07) is 9.20. The molecular weight excluding hydrogens is 221 g/mol. The largest absolute Gasteiger partial charge is 0.496 e. The van der Waals surface area contributed by atoms with E-state index >= 15 is 0 Å². The molecule has 3 nitrogen and oxygen atoms in total. The van der Waals surface area contributed by atoms with Crippen molar-refractivity contribution in [2.24, 2.45) is 0 Å². The third-order valence-corrected chi connectivity index (χ3v) is 2.45. The maximum atomic E-state index is 13.2. The quantitative estimate of drug-likeness (QED) is 0.884. The number of rotatable bonds is 3. The van der Waals surface area contributed by atoms with Crippen LogP contribution in [0.1, 0.15) is 17.4 Å². The van der Waals surface area contributed by atoms with Crippen LogP contribution in [0.25, 0.3) is 0 Å². The summed E-state index contributed by atoms with van der Waals surface area (Å²) in [5.74, 6) is 0.0142. The van der Waals surface area contributed by atoms with Crippen LogP contribution in [-0.4, -0.2) is 17.2 Å². The number of aromatic nitrogens is 1. The van der Waals surface area contributed by atoms with Crippen molar-refractivity contribution in [2.45, 2.75) is 6.10 Å². The minimum Gasteiger partial charge on any atom is -0.496 e. The summed E-state index contributed by atoms with van der Waals surface area (Å²) in [5.41, 5.74) is 0.822. The molecule has 0 saturated heterocycles. The van der Waals surface area contributed by atoms with Crippen molar-refractivity contribution < 1.29 is 14.2 Å². The topological polar surface area (TPSA) is 42.4 Å². The van der Waals surface area contributed by atoms with Crippen molar-refractivity contribution in [3.8, 4) is 5.75 Å². The maximum absolute atomic E-state index is 13.2. The summed E-state index contributed by atoms with van der Waals surface area (Å²) >= 11 is 0. The van der Waals surface area contributed by atoms with E-state index in [1.165, 1.54) is 25.3 Å². The lowest BCUT2D eigenvalue weighted by Crippen LogP contribution is -2.04. The van der Waals surface area contributed by atoms with Crippen molar-refractivity contribution in [1.29, 1.82) is 0 Å². The molecule has 0 aliphatic rings. The Bertz CT molecular complexity index is 502. The van der Waals surface area contributed by atoms with Gasteiger partial charge in [-0.15, -0.1) is 0 Å². The number of benzene rings is 1. The average molecular weight is 233 g/mol. The summed E-state index contributed by atoms with van der Waals surface area (Å²) in [6.45, 7) is 0. The Morgan fingerprint density at radius 1 is 1.29 bits per heavy atom. The molecule has 1 aromatic carbocycles. The predicted molar refractivity (Wildman–Crippen MR) is 61.3 cm³/mol. The van der Waals surface area contributed by atoms with E-state index in [2.05, 4.69) is 4.98 Å². The van der Waals surface area contributed by atoms with Crippen molar-refractivity contribution in [2.75, 3.05) is 7.11 Å². The van der Waals surface area contributed by atoms with Crippen LogP contribution in [-0.2, 0) is 0 Å². The molecule has 0 fully saturated rings. The SMILES string of the molecule is COc1ccc(F)cc1C(O)c1ccccn1. The van der Waals surface area contributed by atoms with Crippen LogP contribution in [0.3, 0.4) is 0 Å². The normalized spacial score (nSPS) is 12.2. The first-order valence-corrected chi connectivity index (χ1v) is 5.15. The Morgan fingerprint density at radius 3 is 2.76 bits per heavy atom. The van der Waals surface area contributed by atoms with Gasteiger partial charge < -0.3 is 9.84 Å². The zero-order valence-corrected chi connectivity index (χ0v) is 9.30. The van der Waals surface area contributed by atoms with Gasteiger partial charge in [0.15, 0.2) is 0 Å². The van der Waals surface area contributed by atoms with E-state index in [0.29, 0.717) is 17.0 Å². The monoisotopic (exact) mass is 233 g/mol. The number of methoxy groups -OCH3 is 1. The first-order valence-electron chi connectivity index (χ1n) is 5.15. The zero-order chi connectivity index (χ0) is 12.3. The molecule has 0 amide bonds. The summed E-state index contributed by atoms with van der Waals surface area (Å²) in [6.07, 6.45) is 0.575. The van der Waals surface area contributed by atoms with E-state index in [-0.39, 0.29) is 0 Å². The first-order chi connectivity index (χ1) is 8.22. The van der Waals surface area contributed by atoms with Gasteiger partial charge in [0.05, 0.1) is 12.8 Å². The molecule has 2 aromatic rings. The van der Waals surface area contributed by atoms with Crippen molar-refractivity contribution >= 4 is 0 Å². The smallest absolute Gasteiger partial charge is 0.125 e. The van der Waals surface area contributed by atoms with E-state index in [4.69, 9.17) is 4.74 Å². The van der Waals surface area contributed by atoms with Crippen molar-refractivity contribution in [3.63, 3.8) is 0 Å². The van der Waals surface area contributed by atoms with Gasteiger partial charge in [0, 0.05) is 11.8 Å². The number of ether oxygens (including phenoxy) is 1. The van der Waals surface area contributed by atoms with Gasteiger partial charge in [0.1, 0.15) is 17.7 Å². The van der Waals surface area contributed by atoms with Gasteiger partial charge in [-0.2, -0.15) is 0 Å². The van der Waals surface area contributed by atoms with Crippen LogP contribution in [0.4, 0.5) is 4.39 Å². The molecule has 1 heterocycles. The highest BCUT2D eigenvalue weighted by atomic mass is 19.1. The number of nitrogens with zero attached hydrogens (tertiary/aromatic N) is 1. The van der Waals surface area contributed by atoms with Crippen LogP contribution in [0.5, 0.6) is 5.75 Å². The first kappa shape index (κ1) is 11.5. The van der Waals surface area contributed by atoms with Crippen LogP contribution < -0.4 is 4.74 Å². The maximum Gasteiger partial charge on any atom is 0.125 e. The van der Waals surface area contributed by atoms with Crippen LogP contribution in [0, 0.1) is 5.82 Å². The lowest BCUT2D eigenvalue weighted by atomic mass is 10.0. The van der Waals surface area contributed by atoms with Crippen LogP contribution >= 0.6 is 0 Å². The lowest BCUT2D eigenvalue weighted by Gasteiger charge is -2.14. The van der Waals surface area contributed by atoms with E-state index < -0.39 is 11.9 Å². The number of pyridine rings is 1. The molecule has 2 rings (SSSR count). The molecule has 0 spiro atoms. The second kappa shape index (κ2) is 4.93. The predicted octanol–water partition coefficient (Wildman–Crippen LogP) is 2.31. The van der Waals surface area contributed by atoms with Crippen LogP contribution in [0.2, 0.25) is 0 Å². The Balaban J connectivity index is 2.43. The minimum absolute atomic E-state index is 0.367. The van der Waals surface area contributed by atoms with Crippen molar-refractivity contribution in [1.82, 2.24) is 4.98 Å². The minimum atomic E-state index is -0.998. The Kier molecular flexibility index (Phi) is 3.35. The van der Waals surface area contributed by atoms with Gasteiger partial charge in [-0.25, -0.2) is 4.39 Å². The Morgan fingerprint density at radius 2 is 2.12 bits per heavy atom. The lowest BCUT2D eigenvalue weighted by molar-refractivity contribution is 0.209. The second-order valence-corrected chi connectivity index (χ2v) is 3.54. The average Bonchev–Trinajstić information content (AvgIpc) is 2.39. The van der Waals surface area contributed by atoms with E-state index in [1.54, 1.807) is 24.4 Å². The third kappa shape index (κ3) is 2.42. The van der Waals surface area contributed by atoms with Crippen LogP contribution in [0.15, 0.2) is 42.6 Å². The summed E-state index contributed by atoms with van der Waals surface area (Å²) in [7, 11) is 1.47. The van der Waals surface area contributed by atoms with E-state index in [0.717, 1.165) is 0 Å². The van der Waals surface area contributed by atoms with Gasteiger partial charge in [-0.3, -0.25) is 4.98 Å². The van der Waals surface area contributed by atoms with E-state index in [9.17, 15) is 9.50 Å². The van der Waals surface area contributed by atoms with Gasteiger partial charge in [-0.05, 0) is 30.3 Å². The van der Waals surface area contributed by atoms with Crippen molar-refractivity contribution in [3.05, 3.63) is 59.7 Å². The standard InChI is InChI=1S/C13H12FNO2/c1-17-12-6-5-9(14)8-10(12)13(16)11-4-2-3-7-15-11/h2-8,13,16H,1H3. The number of hydrogen-bond donors (Lipinski definition) is 1. The highest BCUT2D eigenvalue weighted by Crippen LogP contribution is 2.29. The number of aliphatic hydroxyl groups is 1. The molecule has 88 valence electrons. The third-order valence-electron chi connectivity index (χ3n) is 2.45. The number of aliphatic hydroxyl groups excluding tert-OH is 1. The molecule has 1 aromatic heterocycles. The molecule has 0 aliphatic carbocycles. The molecule has 4 heteroatoms. The molecule has 1 N–H and O–H groups in total. The zero-order valence-electron chi connectivity index (χ0n) is 9.30. The van der Waals surface area contributed by atoms with Gasteiger partial charge in [0.2, 0.25) is 0 Å². The highest BCUT2D eigenvalue weighted by Gasteiger charge is 2.17. The van der Waals surface area contributed by atoms with Gasteiger partial charge in [-0.1, -0.05) is 6.07 Å². The second-order valence-electron chi connectivity index (χ2n) is 3.54. The summed E-state index contributed by atoms with van der Waals surface area (Å²) in [4.78, 5) is 4.03. The fourth-order valence-corrected chi connectivity index (χ4v) is 1.62. The van der Waals surface area contributed by atoms with Gasteiger partial charge in [0.25, 0.3) is 0 Å². The van der Waals surface area contributed by atoms with Gasteiger partial charge >= 0.3 is 0 Å². The Labute approximate surface area is 98.5 Å². The summed E-state index contributed by atoms with van der Waals surface area (Å²) < 4.78 is 18.3. The highest BCUT2D eigenvalue weighted by molar-refractivity contribution is 5.39. The fourth-order valence-electron chi connectivity index (χ4n) is 1.62. The molecular formula is C13H12FNO2. The molecule has 0 saturated carbocycles. The molecule has 1 unspecified atom stereocenters. The molecule has 1 atom stereocenters. The molecule has 17 heavy (non-hydrogen) atoms. The summed E-state index contributed by atoms with van der Waals surface area (Å²) in [5, 5.41) is 10.1. The Hall–Kier alpha value is -1.94. The number of hydrogen-bond acceptors (Lipinski definition) is 3. The molecule has 0 bridgehead atoms. The molecule has 0 radical (unpaired) electrons. The van der Waals surface area contributed by atoms with E-state index in [1.807, 2.05) is 0 Å². The number of halogens is 1. The molecule has 0 aliphatic heterocycles. The fraction of sp³-hybridized carbons (Fsp3) is 0.154.